The maximum atomic E-state index is 13.2. The molecule has 0 aromatic rings. The molecule has 0 saturated heterocycles. The summed E-state index contributed by atoms with van der Waals surface area (Å²) < 4.78 is 69.1. The largest absolute Gasteiger partial charge is 0.472 e. The molecular formula is C92H180O17P2. The van der Waals surface area contributed by atoms with Crippen molar-refractivity contribution in [1.82, 2.24) is 0 Å². The van der Waals surface area contributed by atoms with Gasteiger partial charge in [0.05, 0.1) is 26.4 Å². The minimum Gasteiger partial charge on any atom is -0.462 e. The Balaban J connectivity index is 5.26. The smallest absolute Gasteiger partial charge is 0.462 e. The molecule has 0 radical (unpaired) electrons. The number of ether oxygens (including phenoxy) is 4. The molecule has 0 bridgehead atoms. The summed E-state index contributed by atoms with van der Waals surface area (Å²) in [5, 5.41) is 10.7. The lowest BCUT2D eigenvalue weighted by molar-refractivity contribution is -0.161. The molecule has 0 aliphatic rings. The lowest BCUT2D eigenvalue weighted by atomic mass is 9.99. The first-order valence-corrected chi connectivity index (χ1v) is 50.6. The molecule has 111 heavy (non-hydrogen) atoms. The molecule has 0 aliphatic heterocycles. The van der Waals surface area contributed by atoms with Gasteiger partial charge in [-0.1, -0.05) is 446 Å². The molecule has 0 aromatic carbocycles. The topological polar surface area (TPSA) is 237 Å². The van der Waals surface area contributed by atoms with Crippen molar-refractivity contribution in [3.05, 3.63) is 0 Å². The predicted molar refractivity (Wildman–Crippen MR) is 460 cm³/mol. The van der Waals surface area contributed by atoms with Gasteiger partial charge in [-0.3, -0.25) is 37.3 Å². The van der Waals surface area contributed by atoms with Crippen molar-refractivity contribution in [2.24, 2.45) is 11.8 Å². The second-order valence-corrected chi connectivity index (χ2v) is 36.4. The first kappa shape index (κ1) is 109. The Morgan fingerprint density at radius 2 is 0.432 bits per heavy atom. The van der Waals surface area contributed by atoms with Gasteiger partial charge in [-0.15, -0.1) is 0 Å². The molecule has 3 N–H and O–H groups in total. The Kier molecular flexibility index (Phi) is 81.7. The van der Waals surface area contributed by atoms with Crippen molar-refractivity contribution < 1.29 is 80.2 Å². The molecule has 17 nitrogen and oxygen atoms in total. The summed E-state index contributed by atoms with van der Waals surface area (Å²) in [5.74, 6) is -0.397. The van der Waals surface area contributed by atoms with Crippen LogP contribution in [-0.2, 0) is 65.4 Å². The van der Waals surface area contributed by atoms with E-state index in [1.54, 1.807) is 0 Å². The van der Waals surface area contributed by atoms with Gasteiger partial charge in [-0.25, -0.2) is 9.13 Å². The van der Waals surface area contributed by atoms with Crippen LogP contribution in [0.3, 0.4) is 0 Å². The van der Waals surface area contributed by atoms with E-state index in [2.05, 4.69) is 41.5 Å². The van der Waals surface area contributed by atoms with Crippen LogP contribution in [0.15, 0.2) is 0 Å². The number of hydrogen-bond donors (Lipinski definition) is 3. The van der Waals surface area contributed by atoms with Crippen molar-refractivity contribution in [3.8, 4) is 0 Å². The van der Waals surface area contributed by atoms with Crippen molar-refractivity contribution >= 4 is 39.5 Å². The Labute approximate surface area is 683 Å². The van der Waals surface area contributed by atoms with E-state index in [9.17, 15) is 43.2 Å². The van der Waals surface area contributed by atoms with Gasteiger partial charge < -0.3 is 33.8 Å². The van der Waals surface area contributed by atoms with Crippen LogP contribution in [0.1, 0.15) is 497 Å². The highest BCUT2D eigenvalue weighted by Crippen LogP contribution is 2.45. The van der Waals surface area contributed by atoms with Gasteiger partial charge in [0.15, 0.2) is 12.2 Å². The number of rotatable bonds is 91. The number of aliphatic hydroxyl groups excluding tert-OH is 1. The van der Waals surface area contributed by atoms with E-state index >= 15 is 0 Å². The van der Waals surface area contributed by atoms with E-state index in [1.807, 2.05) is 0 Å². The Bertz CT molecular complexity index is 2120. The molecule has 4 unspecified atom stereocenters. The number of carbonyl (C=O) groups is 4. The first-order valence-electron chi connectivity index (χ1n) is 47.6. The number of hydrogen-bond acceptors (Lipinski definition) is 15. The van der Waals surface area contributed by atoms with Crippen LogP contribution >= 0.6 is 15.6 Å². The van der Waals surface area contributed by atoms with Gasteiger partial charge in [0.25, 0.3) is 0 Å². The lowest BCUT2D eigenvalue weighted by Crippen LogP contribution is -2.30. The fourth-order valence-corrected chi connectivity index (χ4v) is 16.0. The monoisotopic (exact) mass is 1620 g/mol. The summed E-state index contributed by atoms with van der Waals surface area (Å²) in [7, 11) is -9.94. The highest BCUT2D eigenvalue weighted by Gasteiger charge is 2.31. The quantitative estimate of drug-likeness (QED) is 0.0222. The highest BCUT2D eigenvalue weighted by atomic mass is 31.2. The summed E-state index contributed by atoms with van der Waals surface area (Å²) in [4.78, 5) is 73.5. The summed E-state index contributed by atoms with van der Waals surface area (Å²) in [6.45, 7) is 9.82. The molecule has 0 heterocycles. The minimum absolute atomic E-state index is 0.108. The predicted octanol–water partition coefficient (Wildman–Crippen LogP) is 28.6. The number of esters is 4. The molecule has 0 aliphatic carbocycles. The van der Waals surface area contributed by atoms with Gasteiger partial charge in [0.2, 0.25) is 0 Å². The minimum atomic E-state index is -4.97. The van der Waals surface area contributed by atoms with E-state index in [0.29, 0.717) is 25.7 Å². The van der Waals surface area contributed by atoms with Gasteiger partial charge >= 0.3 is 39.5 Å². The summed E-state index contributed by atoms with van der Waals surface area (Å²) >= 11 is 0. The van der Waals surface area contributed by atoms with Crippen LogP contribution in [0.2, 0.25) is 0 Å². The molecule has 0 spiro atoms. The van der Waals surface area contributed by atoms with E-state index in [-0.39, 0.29) is 25.7 Å². The summed E-state index contributed by atoms with van der Waals surface area (Å²) in [6, 6.07) is 0. The molecule has 19 heteroatoms. The van der Waals surface area contributed by atoms with Crippen molar-refractivity contribution in [2.75, 3.05) is 39.6 Å². The number of unbranched alkanes of at least 4 members (excludes halogenated alkanes) is 59. The van der Waals surface area contributed by atoms with Gasteiger partial charge in [-0.2, -0.15) is 0 Å². The van der Waals surface area contributed by atoms with Crippen LogP contribution < -0.4 is 0 Å². The molecule has 660 valence electrons. The molecular weight excluding hydrogens is 1440 g/mol. The third-order valence-electron chi connectivity index (χ3n) is 22.4. The van der Waals surface area contributed by atoms with Crippen LogP contribution in [0, 0.1) is 11.8 Å². The Morgan fingerprint density at radius 3 is 0.640 bits per heavy atom. The van der Waals surface area contributed by atoms with Crippen molar-refractivity contribution in [1.29, 1.82) is 0 Å². The second-order valence-electron chi connectivity index (χ2n) is 33.5. The zero-order valence-corrected chi connectivity index (χ0v) is 75.1. The maximum Gasteiger partial charge on any atom is 0.472 e. The van der Waals surface area contributed by atoms with Crippen LogP contribution in [0.4, 0.5) is 0 Å². The average molecular weight is 1620 g/mol. The van der Waals surface area contributed by atoms with Gasteiger partial charge in [0.1, 0.15) is 19.3 Å². The van der Waals surface area contributed by atoms with Gasteiger partial charge in [0, 0.05) is 25.7 Å². The standard InChI is InChI=1S/C92H180O17P2/c1-7-11-13-15-17-19-21-23-24-25-26-27-28-29-30-31-40-46-52-58-64-70-76-91(96)108-88(81-103-90(95)75-69-63-57-51-45-39-34-32-37-42-48-54-60-66-72-84(5)9-3)83-107-111(100,101)105-79-86(93)78-104-110(98,99)106-82-87(80-102-89(94)74-68-62-56-50-44-36-22-20-18-16-14-12-8-2)109-92(97)77-71-65-59-53-47-41-35-33-38-43-49-55-61-67-73-85(6)10-4/h84-88,93H,7-83H2,1-6H3,(H,98,99)(H,100,101)/t84?,85?,86-,87+,88+/m0/s1. The Morgan fingerprint density at radius 1 is 0.252 bits per heavy atom. The third kappa shape index (κ3) is 82.9. The van der Waals surface area contributed by atoms with E-state index in [4.69, 9.17) is 37.0 Å². The molecule has 0 rings (SSSR count). The van der Waals surface area contributed by atoms with Crippen molar-refractivity contribution in [3.63, 3.8) is 0 Å². The summed E-state index contributed by atoms with van der Waals surface area (Å²) in [5.41, 5.74) is 0. The summed E-state index contributed by atoms with van der Waals surface area (Å²) in [6.07, 6.45) is 77.6. The zero-order valence-electron chi connectivity index (χ0n) is 73.3. The van der Waals surface area contributed by atoms with E-state index in [1.165, 1.54) is 315 Å². The fourth-order valence-electron chi connectivity index (χ4n) is 14.4. The van der Waals surface area contributed by atoms with E-state index in [0.717, 1.165) is 102 Å². The maximum absolute atomic E-state index is 13.2. The van der Waals surface area contributed by atoms with Gasteiger partial charge in [-0.05, 0) is 37.5 Å². The fraction of sp³-hybridized carbons (Fsp3) is 0.957. The molecule has 0 aromatic heterocycles. The highest BCUT2D eigenvalue weighted by molar-refractivity contribution is 7.47. The lowest BCUT2D eigenvalue weighted by Gasteiger charge is -2.21. The van der Waals surface area contributed by atoms with Crippen LogP contribution in [-0.4, -0.2) is 96.7 Å². The number of carbonyl (C=O) groups excluding carboxylic acids is 4. The first-order chi connectivity index (χ1) is 53.9. The average Bonchev–Trinajstić information content (AvgIpc) is 0.934. The number of phosphoric acid groups is 2. The normalized spacial score (nSPS) is 14.2. The zero-order chi connectivity index (χ0) is 81.3. The molecule has 0 saturated carbocycles. The van der Waals surface area contributed by atoms with E-state index < -0.39 is 97.5 Å². The second kappa shape index (κ2) is 83.1. The molecule has 0 fully saturated rings. The van der Waals surface area contributed by atoms with Crippen molar-refractivity contribution in [2.45, 2.75) is 516 Å². The third-order valence-corrected chi connectivity index (χ3v) is 24.3. The number of phosphoric ester groups is 2. The Hall–Kier alpha value is -1.94. The van der Waals surface area contributed by atoms with Crippen LogP contribution in [0.25, 0.3) is 0 Å². The molecule has 0 amide bonds. The number of aliphatic hydroxyl groups is 1. The van der Waals surface area contributed by atoms with Crippen LogP contribution in [0.5, 0.6) is 0 Å². The molecule has 7 atom stereocenters. The SMILES string of the molecule is CCCCCCCCCCCCCCCCCCCCCCCCC(=O)O[C@H](COC(=O)CCCCCCCCCCCCCCCCC(C)CC)COP(=O)(O)OC[C@@H](O)COP(=O)(O)OC[C@@H](COC(=O)CCCCCCCCCCCCCCC)OC(=O)CCCCCCCCCCCCCCCCC(C)CC.